The van der Waals surface area contributed by atoms with Crippen LogP contribution in [0.3, 0.4) is 0 Å². The molecule has 194 valence electrons. The van der Waals surface area contributed by atoms with Gasteiger partial charge < -0.3 is 14.5 Å². The van der Waals surface area contributed by atoms with E-state index in [-0.39, 0.29) is 17.9 Å². The highest BCUT2D eigenvalue weighted by Crippen LogP contribution is 2.41. The van der Waals surface area contributed by atoms with Crippen molar-refractivity contribution in [1.82, 2.24) is 19.9 Å². The van der Waals surface area contributed by atoms with Crippen LogP contribution in [0.5, 0.6) is 5.75 Å². The molecule has 0 bridgehead atoms. The first-order chi connectivity index (χ1) is 18.0. The highest BCUT2D eigenvalue weighted by molar-refractivity contribution is 5.99. The van der Waals surface area contributed by atoms with E-state index in [1.165, 1.54) is 27.6 Å². The first kappa shape index (κ1) is 24.2. The number of ether oxygens (including phenoxy) is 2. The highest BCUT2D eigenvalue weighted by atomic mass is 16.5. The zero-order valence-corrected chi connectivity index (χ0v) is 21.9. The van der Waals surface area contributed by atoms with E-state index in [0.717, 1.165) is 50.3 Å². The standard InChI is InChI=1S/C30H36N4O3/c1-32-19-22(15-26-25-5-4-6-27-29(25)21(17-31-27)16-28(26)32)30(35)33(2)34(23-11-13-37-14-12-23)18-20-7-9-24(36-3)10-8-20/h4-10,15,17,22-23,28,31H,11-14,16,18-19H2,1-3H3/t22-,28-/m1/s1. The minimum Gasteiger partial charge on any atom is -0.497 e. The number of nitrogens with one attached hydrogen (secondary N) is 1. The van der Waals surface area contributed by atoms with Gasteiger partial charge in [-0.25, -0.2) is 5.01 Å². The normalized spacial score (nSPS) is 22.1. The number of carbonyl (C=O) groups excluding carboxylic acids is 1. The van der Waals surface area contributed by atoms with E-state index in [1.807, 2.05) is 24.2 Å². The van der Waals surface area contributed by atoms with Crippen molar-refractivity contribution in [2.24, 2.45) is 5.92 Å². The second kappa shape index (κ2) is 9.97. The van der Waals surface area contributed by atoms with Crippen LogP contribution in [0, 0.1) is 5.92 Å². The van der Waals surface area contributed by atoms with Gasteiger partial charge in [0.2, 0.25) is 5.91 Å². The summed E-state index contributed by atoms with van der Waals surface area (Å²) in [6, 6.07) is 15.2. The monoisotopic (exact) mass is 500 g/mol. The number of amides is 1. The molecule has 0 spiro atoms. The van der Waals surface area contributed by atoms with Crippen LogP contribution in [-0.4, -0.2) is 78.9 Å². The minimum absolute atomic E-state index is 0.143. The van der Waals surface area contributed by atoms with Crippen molar-refractivity contribution in [3.8, 4) is 5.75 Å². The van der Waals surface area contributed by atoms with E-state index in [1.54, 1.807) is 7.11 Å². The molecular formula is C30H36N4O3. The number of hydrogen-bond acceptors (Lipinski definition) is 5. The van der Waals surface area contributed by atoms with Crippen molar-refractivity contribution >= 4 is 22.4 Å². The maximum Gasteiger partial charge on any atom is 0.244 e. The minimum atomic E-state index is -0.199. The van der Waals surface area contributed by atoms with Gasteiger partial charge in [-0.2, -0.15) is 0 Å². The van der Waals surface area contributed by atoms with Gasteiger partial charge in [0.05, 0.1) is 13.0 Å². The number of hydrogen-bond donors (Lipinski definition) is 1. The predicted molar refractivity (Wildman–Crippen MR) is 145 cm³/mol. The number of methoxy groups -OCH3 is 1. The number of aromatic nitrogens is 1. The Balaban J connectivity index is 1.30. The molecule has 1 fully saturated rings. The molecule has 2 atom stereocenters. The second-order valence-electron chi connectivity index (χ2n) is 10.6. The molecule has 1 amide bonds. The summed E-state index contributed by atoms with van der Waals surface area (Å²) in [6.07, 6.45) is 7.21. The van der Waals surface area contributed by atoms with Gasteiger partial charge in [0.15, 0.2) is 0 Å². The maximum atomic E-state index is 14.1. The molecule has 1 saturated heterocycles. The lowest BCUT2D eigenvalue weighted by atomic mass is 9.80. The van der Waals surface area contributed by atoms with Crippen LogP contribution in [0.25, 0.3) is 16.5 Å². The van der Waals surface area contributed by atoms with Crippen LogP contribution in [0.1, 0.15) is 29.5 Å². The summed E-state index contributed by atoms with van der Waals surface area (Å²) < 4.78 is 11.0. The van der Waals surface area contributed by atoms with Gasteiger partial charge in [0, 0.05) is 62.5 Å². The molecular weight excluding hydrogens is 464 g/mol. The summed E-state index contributed by atoms with van der Waals surface area (Å²) in [5, 5.41) is 5.45. The number of nitrogens with zero attached hydrogens (tertiary/aromatic N) is 3. The average Bonchev–Trinajstić information content (AvgIpc) is 3.36. The topological polar surface area (TPSA) is 61.0 Å². The van der Waals surface area contributed by atoms with Gasteiger partial charge >= 0.3 is 0 Å². The number of rotatable bonds is 6. The smallest absolute Gasteiger partial charge is 0.244 e. The molecule has 2 aliphatic heterocycles. The lowest BCUT2D eigenvalue weighted by Crippen LogP contribution is -2.54. The Kier molecular flexibility index (Phi) is 6.53. The van der Waals surface area contributed by atoms with Crippen molar-refractivity contribution < 1.29 is 14.3 Å². The zero-order valence-electron chi connectivity index (χ0n) is 21.9. The average molecular weight is 501 g/mol. The van der Waals surface area contributed by atoms with Gasteiger partial charge in [-0.3, -0.25) is 14.7 Å². The zero-order chi connectivity index (χ0) is 25.5. The van der Waals surface area contributed by atoms with Crippen LogP contribution in [0.15, 0.2) is 54.7 Å². The molecule has 1 aromatic heterocycles. The first-order valence-electron chi connectivity index (χ1n) is 13.3. The Bertz CT molecular complexity index is 1310. The van der Waals surface area contributed by atoms with Crippen LogP contribution < -0.4 is 4.74 Å². The third-order valence-corrected chi connectivity index (χ3v) is 8.41. The third-order valence-electron chi connectivity index (χ3n) is 8.41. The fourth-order valence-corrected chi connectivity index (χ4v) is 6.35. The maximum absolute atomic E-state index is 14.1. The number of fused-ring (bicyclic) bond motifs is 2. The highest BCUT2D eigenvalue weighted by Gasteiger charge is 2.38. The number of aromatic amines is 1. The van der Waals surface area contributed by atoms with E-state index in [4.69, 9.17) is 9.47 Å². The van der Waals surface area contributed by atoms with E-state index in [2.05, 4.69) is 64.5 Å². The Morgan fingerprint density at radius 3 is 2.70 bits per heavy atom. The Morgan fingerprint density at radius 2 is 1.95 bits per heavy atom. The van der Waals surface area contributed by atoms with Crippen molar-refractivity contribution in [3.05, 3.63) is 71.4 Å². The molecule has 1 aliphatic carbocycles. The van der Waals surface area contributed by atoms with Gasteiger partial charge in [0.25, 0.3) is 0 Å². The number of carbonyl (C=O) groups is 1. The van der Waals surface area contributed by atoms with Crippen LogP contribution >= 0.6 is 0 Å². The largest absolute Gasteiger partial charge is 0.497 e. The molecule has 0 radical (unpaired) electrons. The van der Waals surface area contributed by atoms with Crippen LogP contribution in [-0.2, 0) is 22.5 Å². The summed E-state index contributed by atoms with van der Waals surface area (Å²) in [5.74, 6) is 0.783. The molecule has 0 unspecified atom stereocenters. The molecule has 3 aromatic rings. The van der Waals surface area contributed by atoms with Gasteiger partial charge in [-0.05, 0) is 66.8 Å². The molecule has 6 rings (SSSR count). The Hall–Kier alpha value is -3.13. The molecule has 7 heteroatoms. The number of hydrazine groups is 1. The number of benzene rings is 2. The summed E-state index contributed by atoms with van der Waals surface area (Å²) >= 11 is 0. The molecule has 37 heavy (non-hydrogen) atoms. The fraction of sp³-hybridized carbons (Fsp3) is 0.433. The number of likely N-dealkylation sites (N-methyl/N-ethyl adjacent to an activating group) is 1. The summed E-state index contributed by atoms with van der Waals surface area (Å²) in [7, 11) is 5.78. The van der Waals surface area contributed by atoms with Gasteiger partial charge in [0.1, 0.15) is 5.75 Å². The molecule has 2 aromatic carbocycles. The SMILES string of the molecule is COc1ccc(CN(C2CCOCC2)N(C)C(=O)[C@@H]2C=C3c4cccc5[nH]cc(c45)C[C@H]3N(C)C2)cc1. The van der Waals surface area contributed by atoms with Crippen molar-refractivity contribution in [1.29, 1.82) is 0 Å². The Morgan fingerprint density at radius 1 is 1.16 bits per heavy atom. The van der Waals surface area contributed by atoms with Gasteiger partial charge in [-0.1, -0.05) is 30.3 Å². The third kappa shape index (κ3) is 4.45. The van der Waals surface area contributed by atoms with E-state index in [0.29, 0.717) is 12.6 Å². The molecule has 3 heterocycles. The molecule has 0 saturated carbocycles. The van der Waals surface area contributed by atoms with Crippen LogP contribution in [0.4, 0.5) is 0 Å². The summed E-state index contributed by atoms with van der Waals surface area (Å²) in [4.78, 5) is 19.9. The van der Waals surface area contributed by atoms with Crippen molar-refractivity contribution in [2.45, 2.75) is 37.9 Å². The Labute approximate surface area is 218 Å². The molecule has 7 nitrogen and oxygen atoms in total. The first-order valence-corrected chi connectivity index (χ1v) is 13.3. The lowest BCUT2D eigenvalue weighted by molar-refractivity contribution is -0.159. The summed E-state index contributed by atoms with van der Waals surface area (Å²) in [6.45, 7) is 2.85. The van der Waals surface area contributed by atoms with E-state index < -0.39 is 0 Å². The second-order valence-corrected chi connectivity index (χ2v) is 10.6. The van der Waals surface area contributed by atoms with Crippen LogP contribution in [0.2, 0.25) is 0 Å². The fourth-order valence-electron chi connectivity index (χ4n) is 6.35. The summed E-state index contributed by atoms with van der Waals surface area (Å²) in [5.41, 5.74) is 6.24. The van der Waals surface area contributed by atoms with Crippen molar-refractivity contribution in [2.75, 3.05) is 41.0 Å². The molecule has 1 N–H and O–H groups in total. The predicted octanol–water partition coefficient (Wildman–Crippen LogP) is 4.10. The van der Waals surface area contributed by atoms with E-state index >= 15 is 0 Å². The van der Waals surface area contributed by atoms with Gasteiger partial charge in [-0.15, -0.1) is 0 Å². The van der Waals surface area contributed by atoms with Crippen molar-refractivity contribution in [3.63, 3.8) is 0 Å². The number of H-pyrrole nitrogens is 1. The quantitative estimate of drug-likeness (QED) is 0.517. The molecule has 3 aliphatic rings. The van der Waals surface area contributed by atoms with E-state index in [9.17, 15) is 4.79 Å². The lowest BCUT2D eigenvalue weighted by Gasteiger charge is -2.43.